The largest absolute Gasteiger partial charge is 0.327 e. The highest BCUT2D eigenvalue weighted by atomic mass is 15.1. The van der Waals surface area contributed by atoms with E-state index >= 15 is 0 Å². The molecule has 1 aliphatic carbocycles. The van der Waals surface area contributed by atoms with Gasteiger partial charge >= 0.3 is 0 Å². The Kier molecular flexibility index (Phi) is 4.14. The van der Waals surface area contributed by atoms with Crippen LogP contribution in [0.4, 0.5) is 0 Å². The molecular formula is C15H30N2. The van der Waals surface area contributed by atoms with Crippen LogP contribution in [0.15, 0.2) is 0 Å². The van der Waals surface area contributed by atoms with E-state index in [4.69, 9.17) is 5.73 Å². The van der Waals surface area contributed by atoms with E-state index in [-0.39, 0.29) is 0 Å². The molecule has 0 aromatic rings. The van der Waals surface area contributed by atoms with Crippen molar-refractivity contribution in [1.29, 1.82) is 0 Å². The van der Waals surface area contributed by atoms with Crippen molar-refractivity contribution in [2.24, 2.45) is 23.0 Å². The summed E-state index contributed by atoms with van der Waals surface area (Å²) in [4.78, 5) is 2.66. The molecule has 2 rings (SSSR count). The second-order valence-electron chi connectivity index (χ2n) is 6.97. The molecule has 2 unspecified atom stereocenters. The topological polar surface area (TPSA) is 29.3 Å². The van der Waals surface area contributed by atoms with Gasteiger partial charge in [-0.3, -0.25) is 0 Å². The normalized spacial score (nSPS) is 35.3. The molecule has 100 valence electrons. The van der Waals surface area contributed by atoms with Crippen LogP contribution in [0, 0.1) is 17.3 Å². The molecule has 2 fully saturated rings. The smallest absolute Gasteiger partial charge is 0.0131 e. The van der Waals surface area contributed by atoms with Crippen molar-refractivity contribution in [2.45, 2.75) is 58.9 Å². The third kappa shape index (κ3) is 3.03. The lowest BCUT2D eigenvalue weighted by Gasteiger charge is -2.35. The van der Waals surface area contributed by atoms with E-state index in [0.29, 0.717) is 11.5 Å². The molecule has 2 aliphatic rings. The molecule has 1 saturated carbocycles. The van der Waals surface area contributed by atoms with Gasteiger partial charge in [0, 0.05) is 12.6 Å². The van der Waals surface area contributed by atoms with Crippen LogP contribution in [-0.2, 0) is 0 Å². The number of nitrogens with zero attached hydrogens (tertiary/aromatic N) is 1. The van der Waals surface area contributed by atoms with Crippen LogP contribution in [0.5, 0.6) is 0 Å². The SMILES string of the molecule is CCC1CCN(CC2CCC(C)(C)C2N)CC1. The fraction of sp³-hybridized carbons (Fsp3) is 1.00. The van der Waals surface area contributed by atoms with E-state index in [1.165, 1.54) is 51.7 Å². The predicted octanol–water partition coefficient (Wildman–Crippen LogP) is 2.87. The van der Waals surface area contributed by atoms with Gasteiger partial charge in [0.2, 0.25) is 0 Å². The second-order valence-corrected chi connectivity index (χ2v) is 6.97. The maximum Gasteiger partial charge on any atom is 0.0131 e. The fourth-order valence-corrected chi connectivity index (χ4v) is 3.66. The van der Waals surface area contributed by atoms with E-state index in [9.17, 15) is 0 Å². The van der Waals surface area contributed by atoms with Gasteiger partial charge in [-0.1, -0.05) is 27.2 Å². The summed E-state index contributed by atoms with van der Waals surface area (Å²) in [6, 6.07) is 0.409. The van der Waals surface area contributed by atoms with Crippen LogP contribution >= 0.6 is 0 Å². The maximum absolute atomic E-state index is 6.40. The summed E-state index contributed by atoms with van der Waals surface area (Å²) in [5.74, 6) is 1.73. The Hall–Kier alpha value is -0.0800. The van der Waals surface area contributed by atoms with E-state index < -0.39 is 0 Å². The van der Waals surface area contributed by atoms with Crippen LogP contribution < -0.4 is 5.73 Å². The number of hydrogen-bond donors (Lipinski definition) is 1. The minimum absolute atomic E-state index is 0.367. The second kappa shape index (κ2) is 5.27. The van der Waals surface area contributed by atoms with Crippen molar-refractivity contribution >= 4 is 0 Å². The molecule has 0 aromatic carbocycles. The Morgan fingerprint density at radius 2 is 1.82 bits per heavy atom. The fourth-order valence-electron chi connectivity index (χ4n) is 3.66. The van der Waals surface area contributed by atoms with Gasteiger partial charge in [-0.15, -0.1) is 0 Å². The average molecular weight is 238 g/mol. The molecule has 2 heteroatoms. The van der Waals surface area contributed by atoms with Crippen LogP contribution in [-0.4, -0.2) is 30.6 Å². The average Bonchev–Trinajstić information content (AvgIpc) is 2.57. The van der Waals surface area contributed by atoms with E-state index in [0.717, 1.165) is 11.8 Å². The van der Waals surface area contributed by atoms with Crippen molar-refractivity contribution in [3.63, 3.8) is 0 Å². The molecule has 1 heterocycles. The van der Waals surface area contributed by atoms with Crippen LogP contribution in [0.25, 0.3) is 0 Å². The molecule has 17 heavy (non-hydrogen) atoms. The molecule has 0 spiro atoms. The number of rotatable bonds is 3. The number of piperidine rings is 1. The third-order valence-corrected chi connectivity index (χ3v) is 5.35. The standard InChI is InChI=1S/C15H30N2/c1-4-12-6-9-17(10-7-12)11-13-5-8-15(2,3)14(13)16/h12-14H,4-11,16H2,1-3H3. The Bertz CT molecular complexity index is 241. The lowest BCUT2D eigenvalue weighted by Crippen LogP contribution is -2.44. The minimum atomic E-state index is 0.367. The van der Waals surface area contributed by atoms with Crippen LogP contribution in [0.3, 0.4) is 0 Å². The first-order chi connectivity index (χ1) is 8.03. The highest BCUT2D eigenvalue weighted by Crippen LogP contribution is 2.40. The van der Waals surface area contributed by atoms with Gasteiger partial charge in [0.25, 0.3) is 0 Å². The zero-order valence-electron chi connectivity index (χ0n) is 11.9. The first kappa shape index (κ1) is 13.4. The summed E-state index contributed by atoms with van der Waals surface area (Å²) in [7, 11) is 0. The Morgan fingerprint density at radius 3 is 2.29 bits per heavy atom. The molecule has 0 radical (unpaired) electrons. The number of nitrogens with two attached hydrogens (primary N) is 1. The van der Waals surface area contributed by atoms with Crippen molar-refractivity contribution in [3.8, 4) is 0 Å². The molecular weight excluding hydrogens is 208 g/mol. The minimum Gasteiger partial charge on any atom is -0.327 e. The Labute approximate surface area is 107 Å². The van der Waals surface area contributed by atoms with Gasteiger partial charge in [0.05, 0.1) is 0 Å². The zero-order valence-corrected chi connectivity index (χ0v) is 11.9. The molecule has 0 aromatic heterocycles. The summed E-state index contributed by atoms with van der Waals surface area (Å²) < 4.78 is 0. The van der Waals surface area contributed by atoms with Crippen LogP contribution in [0.2, 0.25) is 0 Å². The first-order valence-electron chi connectivity index (χ1n) is 7.51. The summed E-state index contributed by atoms with van der Waals surface area (Å²) in [6.45, 7) is 10.9. The molecule has 2 N–H and O–H groups in total. The van der Waals surface area contributed by atoms with Crippen molar-refractivity contribution in [1.82, 2.24) is 4.90 Å². The van der Waals surface area contributed by atoms with E-state index in [1.807, 2.05) is 0 Å². The molecule has 2 atom stereocenters. The van der Waals surface area contributed by atoms with Gasteiger partial charge < -0.3 is 10.6 Å². The predicted molar refractivity (Wildman–Crippen MR) is 73.9 cm³/mol. The highest BCUT2D eigenvalue weighted by molar-refractivity contribution is 4.95. The summed E-state index contributed by atoms with van der Waals surface area (Å²) in [5.41, 5.74) is 6.77. The lowest BCUT2D eigenvalue weighted by molar-refractivity contribution is 0.148. The monoisotopic (exact) mass is 238 g/mol. The highest BCUT2D eigenvalue weighted by Gasteiger charge is 2.40. The zero-order chi connectivity index (χ0) is 12.5. The number of hydrogen-bond acceptors (Lipinski definition) is 2. The van der Waals surface area contributed by atoms with Crippen molar-refractivity contribution in [2.75, 3.05) is 19.6 Å². The van der Waals surface area contributed by atoms with Crippen molar-refractivity contribution < 1.29 is 0 Å². The summed E-state index contributed by atoms with van der Waals surface area (Å²) in [5, 5.41) is 0. The van der Waals surface area contributed by atoms with Gasteiger partial charge in [-0.25, -0.2) is 0 Å². The quantitative estimate of drug-likeness (QED) is 0.819. The van der Waals surface area contributed by atoms with Gasteiger partial charge in [-0.05, 0) is 56.0 Å². The Balaban J connectivity index is 1.79. The molecule has 0 bridgehead atoms. The van der Waals surface area contributed by atoms with Crippen molar-refractivity contribution in [3.05, 3.63) is 0 Å². The molecule has 1 aliphatic heterocycles. The third-order valence-electron chi connectivity index (χ3n) is 5.35. The summed E-state index contributed by atoms with van der Waals surface area (Å²) >= 11 is 0. The molecule has 0 amide bonds. The first-order valence-corrected chi connectivity index (χ1v) is 7.51. The summed E-state index contributed by atoms with van der Waals surface area (Å²) in [6.07, 6.45) is 6.82. The maximum atomic E-state index is 6.40. The van der Waals surface area contributed by atoms with Crippen LogP contribution in [0.1, 0.15) is 52.9 Å². The van der Waals surface area contributed by atoms with E-state index in [1.54, 1.807) is 0 Å². The van der Waals surface area contributed by atoms with E-state index in [2.05, 4.69) is 25.7 Å². The van der Waals surface area contributed by atoms with Gasteiger partial charge in [0.1, 0.15) is 0 Å². The molecule has 1 saturated heterocycles. The Morgan fingerprint density at radius 1 is 1.18 bits per heavy atom. The lowest BCUT2D eigenvalue weighted by atomic mass is 9.85. The van der Waals surface area contributed by atoms with Gasteiger partial charge in [-0.2, -0.15) is 0 Å². The van der Waals surface area contributed by atoms with Gasteiger partial charge in [0.15, 0.2) is 0 Å². The number of likely N-dealkylation sites (tertiary alicyclic amines) is 1. The molecule has 2 nitrogen and oxygen atoms in total.